The van der Waals surface area contributed by atoms with Crippen molar-refractivity contribution < 1.29 is 43.3 Å². The molecule has 0 aromatic rings. The number of unbranched alkanes of at least 4 members (excludes halogenated alkanes) is 7. The molecule has 0 spiro atoms. The van der Waals surface area contributed by atoms with Gasteiger partial charge >= 0.3 is 6.18 Å². The zero-order valence-corrected chi connectivity index (χ0v) is 59.8. The minimum atomic E-state index is -4.00. The summed E-state index contributed by atoms with van der Waals surface area (Å²) in [7, 11) is 0. The molecular weight excluding hydrogens is 969 g/mol. The van der Waals surface area contributed by atoms with Gasteiger partial charge in [0.1, 0.15) is 0 Å². The molecule has 0 aromatic heterocycles. The van der Waals surface area contributed by atoms with E-state index in [1.807, 2.05) is 55.4 Å². The maximum atomic E-state index is 11.9. The highest BCUT2D eigenvalue weighted by atomic mass is 19.4. The van der Waals surface area contributed by atoms with Crippen LogP contribution in [-0.2, 0) is 0 Å². The molecule has 0 saturated carbocycles. The summed E-state index contributed by atoms with van der Waals surface area (Å²) in [5.41, 5.74) is 0. The maximum Gasteiger partial charge on any atom is 0.391 e. The van der Waals surface area contributed by atoms with E-state index in [1.165, 1.54) is 105 Å². The number of alkyl halides is 8. The highest BCUT2D eigenvalue weighted by Gasteiger charge is 2.31. The van der Waals surface area contributed by atoms with Crippen molar-refractivity contribution in [2.24, 2.45) is 35.5 Å². The minimum Gasteiger partial charge on any atom is -0.248 e. The summed E-state index contributed by atoms with van der Waals surface area (Å²) in [6.45, 7) is 70.4. The summed E-state index contributed by atoms with van der Waals surface area (Å²) >= 11 is 0. The first-order chi connectivity index (χ1) is 36.2. The van der Waals surface area contributed by atoms with Crippen molar-refractivity contribution in [1.29, 1.82) is 0 Å². The normalized spacial score (nSPS) is 11.6. The van der Waals surface area contributed by atoms with Gasteiger partial charge < -0.3 is 0 Å². The topological polar surface area (TPSA) is 0 Å². The lowest BCUT2D eigenvalue weighted by atomic mass is 10.2. The SMILES string of the molecule is CC(C)C.CC(C)C.CC(C)C.CC(C)C(F)(F)F.CCC.CCC(F)(F)CC.CCCC.CCCC(C)(F)F.CCCC(C)F.CCCCC.CCCCC.CCCCC.[2H]C(C)(C)C.[2H]C(C)(C)C.[2H]C([2H])(C)C.[2H]C([2H])(C)CC. The highest BCUT2D eigenvalue weighted by molar-refractivity contribution is 4.58. The van der Waals surface area contributed by atoms with Gasteiger partial charge in [0.2, 0.25) is 11.8 Å². The molecule has 0 aromatic carbocycles. The Balaban J connectivity index is -0.0000000407. The van der Waals surface area contributed by atoms with Crippen molar-refractivity contribution in [3.05, 3.63) is 0 Å². The molecule has 76 heavy (non-hydrogen) atoms. The van der Waals surface area contributed by atoms with E-state index in [-0.39, 0.29) is 31.1 Å². The van der Waals surface area contributed by atoms with Crippen LogP contribution in [0, 0.1) is 35.5 Å². The lowest BCUT2D eigenvalue weighted by molar-refractivity contribution is -0.164. The summed E-state index contributed by atoms with van der Waals surface area (Å²) in [5, 5.41) is 0. The van der Waals surface area contributed by atoms with Gasteiger partial charge in [-0.15, -0.1) is 0 Å². The van der Waals surface area contributed by atoms with Crippen molar-refractivity contribution in [1.82, 2.24) is 0 Å². The highest BCUT2D eigenvalue weighted by Crippen LogP contribution is 2.24. The second kappa shape index (κ2) is 114. The Hall–Kier alpha value is -0.560. The van der Waals surface area contributed by atoms with E-state index in [2.05, 4.69) is 132 Å². The number of rotatable bonds is 14. The van der Waals surface area contributed by atoms with E-state index < -0.39 is 42.9 Å². The predicted octanol–water partition coefficient (Wildman–Crippen LogP) is 30.6. The van der Waals surface area contributed by atoms with Crippen LogP contribution in [-0.4, -0.2) is 24.2 Å². The Kier molecular flexibility index (Phi) is 146. The van der Waals surface area contributed by atoms with Crippen molar-refractivity contribution >= 4 is 0 Å². The first-order valence-electron chi connectivity index (χ1n) is 33.7. The average molecular weight is 1140 g/mol. The van der Waals surface area contributed by atoms with Crippen molar-refractivity contribution in [3.63, 3.8) is 0 Å². The van der Waals surface area contributed by atoms with Gasteiger partial charge in [-0.2, -0.15) is 13.2 Å². The smallest absolute Gasteiger partial charge is 0.248 e. The molecule has 0 fully saturated rings. The van der Waals surface area contributed by atoms with Gasteiger partial charge in [-0.25, -0.2) is 22.0 Å². The van der Waals surface area contributed by atoms with Gasteiger partial charge in [-0.1, -0.05) is 351 Å². The van der Waals surface area contributed by atoms with Crippen LogP contribution in [0.3, 0.4) is 0 Å². The predicted molar refractivity (Wildman–Crippen MR) is 349 cm³/mol. The lowest BCUT2D eigenvalue weighted by Gasteiger charge is -2.08. The summed E-state index contributed by atoms with van der Waals surface area (Å²) < 4.78 is 133. The third-order valence-electron chi connectivity index (χ3n) is 6.04. The minimum absolute atomic E-state index is 0.00694. The third kappa shape index (κ3) is 551. The molecule has 1 unspecified atom stereocenters. The Labute approximate surface area is 492 Å². The fraction of sp³-hybridized carbons (Fsp3) is 1.00. The fourth-order valence-electron chi connectivity index (χ4n) is 2.15. The van der Waals surface area contributed by atoms with E-state index in [9.17, 15) is 35.1 Å². The van der Waals surface area contributed by atoms with Gasteiger partial charge in [0.15, 0.2) is 0 Å². The summed E-state index contributed by atoms with van der Waals surface area (Å²) in [5.74, 6) is -4.07. The van der Waals surface area contributed by atoms with Crippen molar-refractivity contribution in [2.45, 2.75) is 415 Å². The van der Waals surface area contributed by atoms with E-state index in [1.54, 1.807) is 20.8 Å². The first-order valence-corrected chi connectivity index (χ1v) is 30.7. The molecule has 0 rings (SSSR count). The molecule has 0 aliphatic carbocycles. The van der Waals surface area contributed by atoms with Crippen LogP contribution in [0.5, 0.6) is 0 Å². The van der Waals surface area contributed by atoms with E-state index in [0.717, 1.165) is 44.9 Å². The van der Waals surface area contributed by atoms with E-state index in [4.69, 9.17) is 8.22 Å². The van der Waals surface area contributed by atoms with Gasteiger partial charge in [-0.3, -0.25) is 0 Å². The van der Waals surface area contributed by atoms with Crippen LogP contribution < -0.4 is 0 Å². The molecule has 0 nitrogen and oxygen atoms in total. The molecule has 0 aliphatic heterocycles. The largest absolute Gasteiger partial charge is 0.391 e. The standard InChI is InChI=1S/2C5H10F2.C5H11F.3C5H12.C4H7F3.7C4H10.2C3H8/c1-3-4-5(2,6)7;1-3-5(6,7)4-2;1-3-4-5(2)6;3*1-3-5-4-2;1-3(2)4(5,6)7;5*1-4(2)3;2*1-3-4-2;2*1-3-2/h2*3-4H2,1-2H3;5H,3-4H2,1-2H3;3*3-5H2,1-2H3;3H,1-2H3;5*4H,1-3H3;2*3-4H2,1-2H3;2*3H2,1-2H3/i;;;;;;;2*4D;;;;3D2;;3D2;. The summed E-state index contributed by atoms with van der Waals surface area (Å²) in [6.07, 6.45) is 12.3. The van der Waals surface area contributed by atoms with Crippen LogP contribution in [0.15, 0.2) is 0 Å². The Morgan fingerprint density at radius 3 is 0.539 bits per heavy atom. The van der Waals surface area contributed by atoms with Crippen molar-refractivity contribution in [2.75, 3.05) is 0 Å². The third-order valence-corrected chi connectivity index (χ3v) is 6.04. The zero-order chi connectivity index (χ0) is 70.8. The number of hydrogen-bond donors (Lipinski definition) is 0. The summed E-state index contributed by atoms with van der Waals surface area (Å²) in [4.78, 5) is 0. The van der Waals surface area contributed by atoms with Crippen LogP contribution in [0.25, 0.3) is 0 Å². The molecule has 0 radical (unpaired) electrons. The van der Waals surface area contributed by atoms with Crippen LogP contribution in [0.4, 0.5) is 35.1 Å². The second-order valence-corrected chi connectivity index (χ2v) is 21.8. The van der Waals surface area contributed by atoms with E-state index >= 15 is 0 Å². The molecule has 0 heterocycles. The van der Waals surface area contributed by atoms with E-state index in [0.29, 0.717) is 19.3 Å². The fourth-order valence-corrected chi connectivity index (χ4v) is 2.15. The Bertz CT molecular complexity index is 846. The van der Waals surface area contributed by atoms with Crippen LogP contribution in [0.1, 0.15) is 399 Å². The number of halogens is 8. The lowest BCUT2D eigenvalue weighted by Crippen LogP contribution is -2.15. The maximum absolute atomic E-state index is 11.9. The van der Waals surface area contributed by atoms with Crippen LogP contribution in [0.2, 0.25) is 0 Å². The Morgan fingerprint density at radius 1 is 0.368 bits per heavy atom. The average Bonchev–Trinajstić information content (AvgIpc) is 3.23. The molecule has 488 valence electrons. The monoisotopic (exact) mass is 1140 g/mol. The zero-order valence-electron chi connectivity index (χ0n) is 65.8. The van der Waals surface area contributed by atoms with Gasteiger partial charge in [-0.05, 0) is 49.8 Å². The molecular formula is C68H160F8. The molecule has 1 atom stereocenters. The molecule has 8 heteroatoms. The Morgan fingerprint density at radius 2 is 0.539 bits per heavy atom. The first kappa shape index (κ1) is 97.6. The van der Waals surface area contributed by atoms with Gasteiger partial charge in [0.25, 0.3) is 0 Å². The molecule has 0 aliphatic rings. The number of hydrogen-bond acceptors (Lipinski definition) is 0. The quantitative estimate of drug-likeness (QED) is 0.152. The van der Waals surface area contributed by atoms with Crippen molar-refractivity contribution in [3.8, 4) is 0 Å². The van der Waals surface area contributed by atoms with Crippen LogP contribution >= 0.6 is 0 Å². The van der Waals surface area contributed by atoms with Gasteiger partial charge in [0, 0.05) is 33.4 Å². The molecule has 0 bridgehead atoms. The molecule has 0 N–H and O–H groups in total. The van der Waals surface area contributed by atoms with Gasteiger partial charge in [0.05, 0.1) is 6.17 Å². The summed E-state index contributed by atoms with van der Waals surface area (Å²) in [6, 6.07) is 0. The molecule has 0 saturated heterocycles. The second-order valence-electron chi connectivity index (χ2n) is 21.8. The molecule has 0 amide bonds.